The molecule has 0 unspecified atom stereocenters. The molecule has 0 aromatic carbocycles. The summed E-state index contributed by atoms with van der Waals surface area (Å²) in [5, 5.41) is 3.16. The van der Waals surface area contributed by atoms with E-state index in [4.69, 9.17) is 5.73 Å². The van der Waals surface area contributed by atoms with Gasteiger partial charge in [-0.1, -0.05) is 19.3 Å². The van der Waals surface area contributed by atoms with Crippen LogP contribution in [0.15, 0.2) is 0 Å². The van der Waals surface area contributed by atoms with Crippen LogP contribution >= 0.6 is 0 Å². The molecule has 3 amide bonds. The van der Waals surface area contributed by atoms with Crippen LogP contribution in [0.4, 0.5) is 4.79 Å². The molecule has 3 fully saturated rings. The largest absolute Gasteiger partial charge is 0.339 e. The second-order valence-electron chi connectivity index (χ2n) is 8.02. The Hall–Kier alpha value is -1.30. The number of nitrogens with zero attached hydrogens (tertiary/aromatic N) is 2. The van der Waals surface area contributed by atoms with E-state index in [1.807, 2.05) is 9.80 Å². The zero-order chi connectivity index (χ0) is 17.6. The van der Waals surface area contributed by atoms with Gasteiger partial charge in [0.25, 0.3) is 0 Å². The molecule has 1 saturated carbocycles. The molecule has 6 heteroatoms. The van der Waals surface area contributed by atoms with Gasteiger partial charge in [-0.3, -0.25) is 4.79 Å². The van der Waals surface area contributed by atoms with Gasteiger partial charge in [0.1, 0.15) is 0 Å². The van der Waals surface area contributed by atoms with Crippen LogP contribution in [0.25, 0.3) is 0 Å². The van der Waals surface area contributed by atoms with E-state index < -0.39 is 0 Å². The van der Waals surface area contributed by atoms with Gasteiger partial charge < -0.3 is 20.9 Å². The van der Waals surface area contributed by atoms with Crippen molar-refractivity contribution in [2.75, 3.05) is 32.7 Å². The highest BCUT2D eigenvalue weighted by atomic mass is 16.2. The number of nitrogens with one attached hydrogen (secondary N) is 1. The van der Waals surface area contributed by atoms with Crippen LogP contribution < -0.4 is 11.1 Å². The van der Waals surface area contributed by atoms with Gasteiger partial charge >= 0.3 is 6.03 Å². The summed E-state index contributed by atoms with van der Waals surface area (Å²) in [6.45, 7) is 3.75. The molecule has 1 aliphatic carbocycles. The fourth-order valence-electron chi connectivity index (χ4n) is 4.82. The Morgan fingerprint density at radius 3 is 2.72 bits per heavy atom. The number of rotatable bonds is 5. The second-order valence-corrected chi connectivity index (χ2v) is 8.02. The molecule has 142 valence electrons. The van der Waals surface area contributed by atoms with E-state index in [1.54, 1.807) is 0 Å². The van der Waals surface area contributed by atoms with E-state index in [9.17, 15) is 9.59 Å². The van der Waals surface area contributed by atoms with Crippen molar-refractivity contribution in [3.05, 3.63) is 0 Å². The Labute approximate surface area is 151 Å². The molecule has 2 atom stereocenters. The number of amides is 3. The molecule has 3 aliphatic rings. The van der Waals surface area contributed by atoms with Crippen molar-refractivity contribution in [2.24, 2.45) is 17.6 Å². The molecule has 2 aliphatic heterocycles. The molecule has 3 N–H and O–H groups in total. The van der Waals surface area contributed by atoms with Gasteiger partial charge in [-0.05, 0) is 50.5 Å². The van der Waals surface area contributed by atoms with Crippen molar-refractivity contribution in [3.63, 3.8) is 0 Å². The van der Waals surface area contributed by atoms with Gasteiger partial charge in [-0.2, -0.15) is 0 Å². The lowest BCUT2D eigenvalue weighted by Gasteiger charge is -2.47. The molecule has 25 heavy (non-hydrogen) atoms. The summed E-state index contributed by atoms with van der Waals surface area (Å²) < 4.78 is 0. The lowest BCUT2D eigenvalue weighted by atomic mass is 9.83. The van der Waals surface area contributed by atoms with E-state index in [-0.39, 0.29) is 11.9 Å². The number of fused-ring (bicyclic) bond motifs is 1. The van der Waals surface area contributed by atoms with Crippen molar-refractivity contribution >= 4 is 11.9 Å². The fourth-order valence-corrected chi connectivity index (χ4v) is 4.82. The second kappa shape index (κ2) is 8.88. The number of hydrogen-bond donors (Lipinski definition) is 2. The highest BCUT2D eigenvalue weighted by Gasteiger charge is 2.40. The first kappa shape index (κ1) is 18.5. The van der Waals surface area contributed by atoms with Crippen molar-refractivity contribution < 1.29 is 9.59 Å². The van der Waals surface area contributed by atoms with Crippen LogP contribution in [0, 0.1) is 11.8 Å². The summed E-state index contributed by atoms with van der Waals surface area (Å²) in [5.74, 6) is 1.35. The van der Waals surface area contributed by atoms with E-state index >= 15 is 0 Å². The SMILES string of the molecule is NCCCN1C(=O)CC[C@H]2CN(C(=O)NCC3CCCCC3)CC[C@H]21. The number of urea groups is 1. The summed E-state index contributed by atoms with van der Waals surface area (Å²) in [6.07, 6.45) is 9.75. The van der Waals surface area contributed by atoms with Crippen LogP contribution in [0.2, 0.25) is 0 Å². The lowest BCUT2D eigenvalue weighted by Crippen LogP contribution is -2.58. The molecule has 0 aromatic rings. The number of carbonyl (C=O) groups is 2. The van der Waals surface area contributed by atoms with Gasteiger partial charge in [0.15, 0.2) is 0 Å². The first-order valence-electron chi connectivity index (χ1n) is 10.2. The van der Waals surface area contributed by atoms with E-state index in [1.165, 1.54) is 32.1 Å². The topological polar surface area (TPSA) is 78.7 Å². The van der Waals surface area contributed by atoms with Gasteiger partial charge in [0.2, 0.25) is 5.91 Å². The third kappa shape index (κ3) is 4.66. The first-order chi connectivity index (χ1) is 12.2. The molecule has 0 radical (unpaired) electrons. The third-order valence-corrected chi connectivity index (χ3v) is 6.30. The van der Waals surface area contributed by atoms with Gasteiger partial charge in [-0.15, -0.1) is 0 Å². The molecule has 0 spiro atoms. The predicted octanol–water partition coefficient (Wildman–Crippen LogP) is 1.94. The Balaban J connectivity index is 1.48. The summed E-state index contributed by atoms with van der Waals surface area (Å²) >= 11 is 0. The molecule has 0 aromatic heterocycles. The number of piperidine rings is 2. The summed E-state index contributed by atoms with van der Waals surface area (Å²) in [7, 11) is 0. The number of carbonyl (C=O) groups excluding carboxylic acids is 2. The monoisotopic (exact) mass is 350 g/mol. The molecular weight excluding hydrogens is 316 g/mol. The molecule has 6 nitrogen and oxygen atoms in total. The number of nitrogens with two attached hydrogens (primary N) is 1. The predicted molar refractivity (Wildman–Crippen MR) is 98.1 cm³/mol. The average molecular weight is 351 g/mol. The Bertz CT molecular complexity index is 464. The molecule has 0 bridgehead atoms. The maximum absolute atomic E-state index is 12.6. The zero-order valence-corrected chi connectivity index (χ0v) is 15.4. The quantitative estimate of drug-likeness (QED) is 0.795. The molecular formula is C19H34N4O2. The van der Waals surface area contributed by atoms with E-state index in [0.717, 1.165) is 45.4 Å². The van der Waals surface area contributed by atoms with Crippen molar-refractivity contribution in [3.8, 4) is 0 Å². The molecule has 2 heterocycles. The minimum Gasteiger partial charge on any atom is -0.339 e. The van der Waals surface area contributed by atoms with Gasteiger partial charge in [-0.25, -0.2) is 4.79 Å². The summed E-state index contributed by atoms with van der Waals surface area (Å²) in [6, 6.07) is 0.393. The minimum absolute atomic E-state index is 0.0921. The van der Waals surface area contributed by atoms with Crippen LogP contribution in [0.1, 0.15) is 57.8 Å². The fraction of sp³-hybridized carbons (Fsp3) is 0.895. The van der Waals surface area contributed by atoms with E-state index in [0.29, 0.717) is 30.8 Å². The Morgan fingerprint density at radius 1 is 1.16 bits per heavy atom. The normalized spacial score (nSPS) is 28.0. The Kier molecular flexibility index (Phi) is 6.57. The van der Waals surface area contributed by atoms with Crippen LogP contribution in [-0.2, 0) is 4.79 Å². The summed E-state index contributed by atoms with van der Waals surface area (Å²) in [4.78, 5) is 28.8. The zero-order valence-electron chi connectivity index (χ0n) is 15.4. The standard InChI is InChI=1S/C19H34N4O2/c20-10-4-11-23-17-9-12-22(14-16(17)7-8-18(23)24)19(25)21-13-15-5-2-1-3-6-15/h15-17H,1-14,20H2,(H,21,25)/t16-,17+/m0/s1. The highest BCUT2D eigenvalue weighted by Crippen LogP contribution is 2.31. The maximum atomic E-state index is 12.6. The van der Waals surface area contributed by atoms with Gasteiger partial charge in [0, 0.05) is 38.6 Å². The van der Waals surface area contributed by atoms with Crippen LogP contribution in [0.3, 0.4) is 0 Å². The highest BCUT2D eigenvalue weighted by molar-refractivity contribution is 5.78. The summed E-state index contributed by atoms with van der Waals surface area (Å²) in [5.41, 5.74) is 5.62. The minimum atomic E-state index is 0.0921. The lowest BCUT2D eigenvalue weighted by molar-refractivity contribution is -0.140. The third-order valence-electron chi connectivity index (χ3n) is 6.30. The van der Waals surface area contributed by atoms with Gasteiger partial charge in [0.05, 0.1) is 0 Å². The van der Waals surface area contributed by atoms with Crippen molar-refractivity contribution in [1.29, 1.82) is 0 Å². The average Bonchev–Trinajstić information content (AvgIpc) is 2.66. The van der Waals surface area contributed by atoms with Crippen molar-refractivity contribution in [1.82, 2.24) is 15.1 Å². The maximum Gasteiger partial charge on any atom is 0.317 e. The van der Waals surface area contributed by atoms with Crippen LogP contribution in [-0.4, -0.2) is 60.5 Å². The number of hydrogen-bond acceptors (Lipinski definition) is 3. The smallest absolute Gasteiger partial charge is 0.317 e. The first-order valence-corrected chi connectivity index (χ1v) is 10.2. The molecule has 3 rings (SSSR count). The Morgan fingerprint density at radius 2 is 1.96 bits per heavy atom. The van der Waals surface area contributed by atoms with Crippen molar-refractivity contribution in [2.45, 2.75) is 63.8 Å². The number of likely N-dealkylation sites (tertiary alicyclic amines) is 2. The molecule has 2 saturated heterocycles. The van der Waals surface area contributed by atoms with Crippen LogP contribution in [0.5, 0.6) is 0 Å². The van der Waals surface area contributed by atoms with E-state index in [2.05, 4.69) is 5.32 Å².